The molecule has 0 saturated carbocycles. The molecule has 1 aromatic heterocycles. The Morgan fingerprint density at radius 2 is 1.69 bits per heavy atom. The Hall–Kier alpha value is -0.920. The van der Waals surface area contributed by atoms with Crippen LogP contribution in [0.2, 0.25) is 0 Å². The first-order chi connectivity index (χ1) is 6.15. The number of nitrogens with zero attached hydrogens (tertiary/aromatic N) is 2. The number of hydrogen-bond acceptors (Lipinski definition) is 2. The van der Waals surface area contributed by atoms with Crippen LogP contribution in [0.1, 0.15) is 57.3 Å². The van der Waals surface area contributed by atoms with E-state index >= 15 is 0 Å². The molecule has 0 N–H and O–H groups in total. The second kappa shape index (κ2) is 4.35. The van der Waals surface area contributed by atoms with Gasteiger partial charge in [0.15, 0.2) is 0 Å². The Kier molecular flexibility index (Phi) is 3.40. The number of hydrogen-bond donors (Lipinski definition) is 0. The van der Waals surface area contributed by atoms with Crippen molar-refractivity contribution in [3.8, 4) is 0 Å². The van der Waals surface area contributed by atoms with Gasteiger partial charge in [0.05, 0.1) is 0 Å². The van der Waals surface area contributed by atoms with Crippen molar-refractivity contribution < 1.29 is 0 Å². The Balaban J connectivity index is 2.81. The van der Waals surface area contributed by atoms with Crippen LogP contribution in [0, 0.1) is 0 Å². The van der Waals surface area contributed by atoms with Gasteiger partial charge in [-0.25, -0.2) is 9.97 Å². The molecular weight excluding hydrogens is 160 g/mol. The minimum Gasteiger partial charge on any atom is -0.241 e. The van der Waals surface area contributed by atoms with Crippen molar-refractivity contribution in [2.45, 2.75) is 46.0 Å². The van der Waals surface area contributed by atoms with Crippen LogP contribution < -0.4 is 0 Å². The predicted octanol–water partition coefficient (Wildman–Crippen LogP) is 3.11. The molecule has 0 radical (unpaired) electrons. The molecule has 0 spiro atoms. The van der Waals surface area contributed by atoms with Crippen LogP contribution in [-0.2, 0) is 0 Å². The van der Waals surface area contributed by atoms with Crippen LogP contribution >= 0.6 is 0 Å². The molecular formula is C11H18N2. The van der Waals surface area contributed by atoms with Gasteiger partial charge in [0, 0.05) is 18.3 Å². The summed E-state index contributed by atoms with van der Waals surface area (Å²) in [4.78, 5) is 8.72. The van der Waals surface area contributed by atoms with Crippen LogP contribution in [-0.4, -0.2) is 9.97 Å². The second-order valence-corrected chi connectivity index (χ2v) is 3.84. The molecule has 0 aliphatic heterocycles. The molecule has 1 unspecified atom stereocenters. The van der Waals surface area contributed by atoms with Gasteiger partial charge in [-0.1, -0.05) is 27.7 Å². The van der Waals surface area contributed by atoms with Crippen molar-refractivity contribution in [3.05, 3.63) is 23.8 Å². The van der Waals surface area contributed by atoms with E-state index in [9.17, 15) is 0 Å². The molecule has 0 bridgehead atoms. The largest absolute Gasteiger partial charge is 0.241 e. The first-order valence-electron chi connectivity index (χ1n) is 4.97. The highest BCUT2D eigenvalue weighted by molar-refractivity contribution is 5.10. The summed E-state index contributed by atoms with van der Waals surface area (Å²) in [6.45, 7) is 8.62. The summed E-state index contributed by atoms with van der Waals surface area (Å²) < 4.78 is 0. The third kappa shape index (κ3) is 2.51. The molecule has 2 heteroatoms. The van der Waals surface area contributed by atoms with Gasteiger partial charge in [-0.05, 0) is 17.9 Å². The summed E-state index contributed by atoms with van der Waals surface area (Å²) >= 11 is 0. The fraction of sp³-hybridized carbons (Fsp3) is 0.636. The van der Waals surface area contributed by atoms with E-state index < -0.39 is 0 Å². The van der Waals surface area contributed by atoms with Crippen molar-refractivity contribution in [1.29, 1.82) is 0 Å². The Labute approximate surface area is 80.4 Å². The average Bonchev–Trinajstić information content (AvgIpc) is 2.17. The molecule has 13 heavy (non-hydrogen) atoms. The second-order valence-electron chi connectivity index (χ2n) is 3.84. The van der Waals surface area contributed by atoms with Crippen LogP contribution in [0.4, 0.5) is 0 Å². The molecule has 0 aliphatic rings. The minimum absolute atomic E-state index is 0.473. The first-order valence-corrected chi connectivity index (χ1v) is 4.97. The van der Waals surface area contributed by atoms with Crippen molar-refractivity contribution in [1.82, 2.24) is 9.97 Å². The Bertz CT molecular complexity index is 251. The zero-order chi connectivity index (χ0) is 9.84. The lowest BCUT2D eigenvalue weighted by molar-refractivity contribution is 0.672. The van der Waals surface area contributed by atoms with Gasteiger partial charge in [0.25, 0.3) is 0 Å². The smallest absolute Gasteiger partial charge is 0.131 e. The third-order valence-corrected chi connectivity index (χ3v) is 2.41. The summed E-state index contributed by atoms with van der Waals surface area (Å²) in [5.41, 5.74) is 1.21. The van der Waals surface area contributed by atoms with Crippen LogP contribution in [0.15, 0.2) is 12.4 Å². The Morgan fingerprint density at radius 1 is 1.15 bits per heavy atom. The summed E-state index contributed by atoms with van der Waals surface area (Å²) in [6.07, 6.45) is 4.99. The summed E-state index contributed by atoms with van der Waals surface area (Å²) in [6, 6.07) is 0. The topological polar surface area (TPSA) is 25.8 Å². The van der Waals surface area contributed by atoms with Crippen molar-refractivity contribution in [3.63, 3.8) is 0 Å². The Morgan fingerprint density at radius 3 is 2.08 bits per heavy atom. The van der Waals surface area contributed by atoms with E-state index in [4.69, 9.17) is 0 Å². The highest BCUT2D eigenvalue weighted by Gasteiger charge is 2.06. The molecule has 1 aromatic rings. The van der Waals surface area contributed by atoms with Gasteiger partial charge < -0.3 is 0 Å². The molecule has 0 aliphatic carbocycles. The van der Waals surface area contributed by atoms with Crippen molar-refractivity contribution >= 4 is 0 Å². The zero-order valence-electron chi connectivity index (χ0n) is 8.91. The van der Waals surface area contributed by atoms with Crippen molar-refractivity contribution in [2.75, 3.05) is 0 Å². The van der Waals surface area contributed by atoms with Crippen LogP contribution in [0.25, 0.3) is 0 Å². The fourth-order valence-electron chi connectivity index (χ4n) is 1.08. The number of aromatic nitrogens is 2. The molecule has 0 saturated heterocycles. The molecule has 0 amide bonds. The van der Waals surface area contributed by atoms with E-state index in [1.54, 1.807) is 0 Å². The summed E-state index contributed by atoms with van der Waals surface area (Å²) in [5, 5.41) is 0. The molecule has 2 nitrogen and oxygen atoms in total. The maximum atomic E-state index is 4.36. The predicted molar refractivity (Wildman–Crippen MR) is 54.8 cm³/mol. The van der Waals surface area contributed by atoms with Gasteiger partial charge in [-0.2, -0.15) is 0 Å². The van der Waals surface area contributed by atoms with Crippen molar-refractivity contribution in [2.24, 2.45) is 0 Å². The molecule has 0 fully saturated rings. The summed E-state index contributed by atoms with van der Waals surface area (Å²) in [5.74, 6) is 1.96. The third-order valence-electron chi connectivity index (χ3n) is 2.41. The zero-order valence-corrected chi connectivity index (χ0v) is 8.91. The van der Waals surface area contributed by atoms with Gasteiger partial charge in [-0.15, -0.1) is 0 Å². The lowest BCUT2D eigenvalue weighted by atomic mass is 10.1. The fourth-order valence-corrected chi connectivity index (χ4v) is 1.08. The standard InChI is InChI=1S/C11H18N2/c1-5-9(4)11-12-6-10(7-13-11)8(2)3/h6-9H,5H2,1-4H3. The van der Waals surface area contributed by atoms with E-state index in [2.05, 4.69) is 37.7 Å². The maximum absolute atomic E-state index is 4.36. The first kappa shape index (κ1) is 10.2. The molecule has 0 aromatic carbocycles. The molecule has 72 valence electrons. The van der Waals surface area contributed by atoms with E-state index in [0.717, 1.165) is 12.2 Å². The molecule has 1 rings (SSSR count). The highest BCUT2D eigenvalue weighted by Crippen LogP contribution is 2.16. The van der Waals surface area contributed by atoms with Gasteiger partial charge >= 0.3 is 0 Å². The van der Waals surface area contributed by atoms with E-state index in [1.165, 1.54) is 5.56 Å². The highest BCUT2D eigenvalue weighted by atomic mass is 14.9. The minimum atomic E-state index is 0.473. The maximum Gasteiger partial charge on any atom is 0.131 e. The molecule has 1 heterocycles. The van der Waals surface area contributed by atoms with E-state index in [0.29, 0.717) is 11.8 Å². The molecule has 1 atom stereocenters. The normalized spacial score (nSPS) is 13.3. The van der Waals surface area contributed by atoms with Gasteiger partial charge in [0.2, 0.25) is 0 Å². The van der Waals surface area contributed by atoms with Crippen LogP contribution in [0.3, 0.4) is 0 Å². The van der Waals surface area contributed by atoms with Crippen LogP contribution in [0.5, 0.6) is 0 Å². The van der Waals surface area contributed by atoms with E-state index in [1.807, 2.05) is 12.4 Å². The number of rotatable bonds is 3. The van der Waals surface area contributed by atoms with Gasteiger partial charge in [-0.3, -0.25) is 0 Å². The monoisotopic (exact) mass is 178 g/mol. The lowest BCUT2D eigenvalue weighted by Crippen LogP contribution is -2.01. The summed E-state index contributed by atoms with van der Waals surface area (Å²) in [7, 11) is 0. The average molecular weight is 178 g/mol. The van der Waals surface area contributed by atoms with Gasteiger partial charge in [0.1, 0.15) is 5.82 Å². The quantitative estimate of drug-likeness (QED) is 0.710. The SMILES string of the molecule is CCC(C)c1ncc(C(C)C)cn1. The van der Waals surface area contributed by atoms with E-state index in [-0.39, 0.29) is 0 Å². The lowest BCUT2D eigenvalue weighted by Gasteiger charge is -2.08.